The lowest BCUT2D eigenvalue weighted by Crippen LogP contribution is -2.36. The number of hydrogen-bond donors (Lipinski definition) is 2. The predicted octanol–water partition coefficient (Wildman–Crippen LogP) is 5.15. The molecule has 0 saturated carbocycles. The summed E-state index contributed by atoms with van der Waals surface area (Å²) in [6.07, 6.45) is -3.21. The molecular formula is C24H20ClF3N2O4. The Hall–Kier alpha value is -3.56. The fraction of sp³-hybridized carbons (Fsp3) is 0.167. The largest absolute Gasteiger partial charge is 0.457 e. The fourth-order valence-corrected chi connectivity index (χ4v) is 3.02. The molecule has 0 fully saturated rings. The van der Waals surface area contributed by atoms with E-state index >= 15 is 0 Å². The van der Waals surface area contributed by atoms with Gasteiger partial charge in [0.05, 0.1) is 12.2 Å². The lowest BCUT2D eigenvalue weighted by atomic mass is 10.1. The third-order valence-corrected chi connectivity index (χ3v) is 4.83. The van der Waals surface area contributed by atoms with Gasteiger partial charge in [0, 0.05) is 35.9 Å². The molecule has 1 heterocycles. The number of rotatable bonds is 8. The Bertz CT molecular complexity index is 1190. The van der Waals surface area contributed by atoms with Gasteiger partial charge in [-0.1, -0.05) is 23.7 Å². The first-order valence-corrected chi connectivity index (χ1v) is 10.4. The van der Waals surface area contributed by atoms with E-state index in [9.17, 15) is 22.8 Å². The van der Waals surface area contributed by atoms with Crippen LogP contribution in [0.5, 0.6) is 0 Å². The number of carbonyl (C=O) groups is 2. The van der Waals surface area contributed by atoms with Crippen LogP contribution in [0.3, 0.4) is 0 Å². The van der Waals surface area contributed by atoms with Gasteiger partial charge in [-0.25, -0.2) is 0 Å². The number of halogens is 4. The zero-order chi connectivity index (χ0) is 24.7. The molecule has 10 heteroatoms. The maximum Gasteiger partial charge on any atom is 0.416 e. The first-order valence-electron chi connectivity index (χ1n) is 10.0. The first-order chi connectivity index (χ1) is 16.2. The van der Waals surface area contributed by atoms with Crippen molar-refractivity contribution >= 4 is 29.5 Å². The van der Waals surface area contributed by atoms with Crippen LogP contribution < -0.4 is 10.6 Å². The Morgan fingerprint density at radius 1 is 1.09 bits per heavy atom. The van der Waals surface area contributed by atoms with Crippen LogP contribution in [0.1, 0.15) is 21.7 Å². The van der Waals surface area contributed by atoms with Crippen molar-refractivity contribution < 1.29 is 31.9 Å². The molecule has 0 atom stereocenters. The van der Waals surface area contributed by atoms with Gasteiger partial charge in [0.15, 0.2) is 0 Å². The Labute approximate surface area is 198 Å². The van der Waals surface area contributed by atoms with Gasteiger partial charge in [0.1, 0.15) is 17.2 Å². The molecular weight excluding hydrogens is 473 g/mol. The van der Waals surface area contributed by atoms with Crippen LogP contribution in [0.15, 0.2) is 70.8 Å². The quantitative estimate of drug-likeness (QED) is 0.336. The van der Waals surface area contributed by atoms with Crippen molar-refractivity contribution in [1.29, 1.82) is 0 Å². The molecule has 0 bridgehead atoms. The van der Waals surface area contributed by atoms with E-state index in [0.717, 1.165) is 12.1 Å². The van der Waals surface area contributed by atoms with Crippen LogP contribution in [0.4, 0.5) is 13.2 Å². The molecule has 0 saturated heterocycles. The first kappa shape index (κ1) is 25.1. The number of carbonyl (C=O) groups excluding carboxylic acids is 2. The van der Waals surface area contributed by atoms with Crippen molar-refractivity contribution in [2.45, 2.75) is 6.18 Å². The molecule has 2 aromatic carbocycles. The minimum atomic E-state index is -4.50. The van der Waals surface area contributed by atoms with Gasteiger partial charge in [-0.3, -0.25) is 9.59 Å². The smallest absolute Gasteiger partial charge is 0.416 e. The molecule has 2 N–H and O–H groups in total. The van der Waals surface area contributed by atoms with E-state index < -0.39 is 23.6 Å². The van der Waals surface area contributed by atoms with Crippen LogP contribution in [-0.2, 0) is 15.7 Å². The fourth-order valence-electron chi connectivity index (χ4n) is 2.89. The van der Waals surface area contributed by atoms with Gasteiger partial charge in [0.2, 0.25) is 0 Å². The van der Waals surface area contributed by atoms with E-state index in [2.05, 4.69) is 10.6 Å². The van der Waals surface area contributed by atoms with E-state index in [1.807, 2.05) is 0 Å². The van der Waals surface area contributed by atoms with Crippen molar-refractivity contribution in [2.24, 2.45) is 0 Å². The zero-order valence-electron chi connectivity index (χ0n) is 17.9. The average Bonchev–Trinajstić information content (AvgIpc) is 3.27. The SMILES string of the molecule is COCCNC(=O)/C(=C/c1ccc(-c2cccc(C(F)(F)F)c2)o1)NC(=O)c1ccc(Cl)cc1. The Morgan fingerprint density at radius 3 is 2.50 bits per heavy atom. The van der Waals surface area contributed by atoms with Crippen molar-refractivity contribution in [3.05, 3.63) is 88.3 Å². The Kier molecular flexibility index (Phi) is 8.14. The number of alkyl halides is 3. The molecule has 2 amide bonds. The highest BCUT2D eigenvalue weighted by Gasteiger charge is 2.30. The molecule has 0 radical (unpaired) electrons. The number of hydrogen-bond acceptors (Lipinski definition) is 4. The third kappa shape index (κ3) is 6.72. The number of methoxy groups -OCH3 is 1. The normalized spacial score (nSPS) is 11.9. The molecule has 0 unspecified atom stereocenters. The van der Waals surface area contributed by atoms with Crippen molar-refractivity contribution in [3.8, 4) is 11.3 Å². The molecule has 34 heavy (non-hydrogen) atoms. The van der Waals surface area contributed by atoms with E-state index in [-0.39, 0.29) is 41.5 Å². The molecule has 3 aromatic rings. The molecule has 0 spiro atoms. The van der Waals surface area contributed by atoms with E-state index in [0.29, 0.717) is 5.02 Å². The zero-order valence-corrected chi connectivity index (χ0v) is 18.7. The van der Waals surface area contributed by atoms with Crippen LogP contribution in [-0.4, -0.2) is 32.1 Å². The van der Waals surface area contributed by atoms with Crippen molar-refractivity contribution in [2.75, 3.05) is 20.3 Å². The molecule has 0 aliphatic rings. The minimum Gasteiger partial charge on any atom is -0.457 e. The van der Waals surface area contributed by atoms with Gasteiger partial charge in [0.25, 0.3) is 11.8 Å². The number of nitrogens with one attached hydrogen (secondary N) is 2. The summed E-state index contributed by atoms with van der Waals surface area (Å²) in [4.78, 5) is 25.3. The standard InChI is InChI=1S/C24H20ClF3N2O4/c1-33-12-11-29-23(32)20(30-22(31)15-5-7-18(25)8-6-15)14-19-9-10-21(34-19)16-3-2-4-17(13-16)24(26,27)28/h2-10,13-14H,11-12H2,1H3,(H,29,32)(H,30,31)/b20-14-. The van der Waals surface area contributed by atoms with E-state index in [1.165, 1.54) is 61.7 Å². The summed E-state index contributed by atoms with van der Waals surface area (Å²) < 4.78 is 49.6. The number of amides is 2. The van der Waals surface area contributed by atoms with Gasteiger partial charge in [-0.05, 0) is 48.5 Å². The lowest BCUT2D eigenvalue weighted by Gasteiger charge is -2.10. The van der Waals surface area contributed by atoms with Gasteiger partial charge in [-0.15, -0.1) is 0 Å². The molecule has 6 nitrogen and oxygen atoms in total. The van der Waals surface area contributed by atoms with Crippen molar-refractivity contribution in [1.82, 2.24) is 10.6 Å². The summed E-state index contributed by atoms with van der Waals surface area (Å²) >= 11 is 5.84. The van der Waals surface area contributed by atoms with Gasteiger partial charge >= 0.3 is 6.18 Å². The third-order valence-electron chi connectivity index (χ3n) is 4.58. The van der Waals surface area contributed by atoms with Crippen LogP contribution in [0.25, 0.3) is 17.4 Å². The maximum absolute atomic E-state index is 13.0. The van der Waals surface area contributed by atoms with Crippen LogP contribution in [0.2, 0.25) is 5.02 Å². The highest BCUT2D eigenvalue weighted by molar-refractivity contribution is 6.30. The Balaban J connectivity index is 1.87. The second kappa shape index (κ2) is 11.0. The summed E-state index contributed by atoms with van der Waals surface area (Å²) in [7, 11) is 1.48. The number of benzene rings is 2. The van der Waals surface area contributed by atoms with Crippen molar-refractivity contribution in [3.63, 3.8) is 0 Å². The average molecular weight is 493 g/mol. The summed E-state index contributed by atoms with van der Waals surface area (Å²) in [5, 5.41) is 5.57. The predicted molar refractivity (Wildman–Crippen MR) is 121 cm³/mol. The summed E-state index contributed by atoms with van der Waals surface area (Å²) in [6.45, 7) is 0.446. The summed E-state index contributed by atoms with van der Waals surface area (Å²) in [5.74, 6) is -0.841. The molecule has 3 rings (SSSR count). The topological polar surface area (TPSA) is 80.6 Å². The highest BCUT2D eigenvalue weighted by atomic mass is 35.5. The summed E-state index contributed by atoms with van der Waals surface area (Å²) in [6, 6.07) is 13.7. The van der Waals surface area contributed by atoms with E-state index in [4.69, 9.17) is 20.8 Å². The van der Waals surface area contributed by atoms with Gasteiger partial charge in [-0.2, -0.15) is 13.2 Å². The monoisotopic (exact) mass is 492 g/mol. The second-order valence-electron chi connectivity index (χ2n) is 7.05. The number of ether oxygens (including phenoxy) is 1. The molecule has 0 aliphatic heterocycles. The second-order valence-corrected chi connectivity index (χ2v) is 7.48. The molecule has 178 valence electrons. The maximum atomic E-state index is 13.0. The summed E-state index contributed by atoms with van der Waals surface area (Å²) in [5.41, 5.74) is -0.456. The lowest BCUT2D eigenvalue weighted by molar-refractivity contribution is -0.137. The number of furan rings is 1. The van der Waals surface area contributed by atoms with Crippen LogP contribution >= 0.6 is 11.6 Å². The molecule has 1 aromatic heterocycles. The highest BCUT2D eigenvalue weighted by Crippen LogP contribution is 2.32. The molecule has 0 aliphatic carbocycles. The minimum absolute atomic E-state index is 0.124. The van der Waals surface area contributed by atoms with E-state index in [1.54, 1.807) is 0 Å². The van der Waals surface area contributed by atoms with Gasteiger partial charge < -0.3 is 19.8 Å². The van der Waals surface area contributed by atoms with Crippen LogP contribution in [0, 0.1) is 0 Å². The Morgan fingerprint density at radius 2 is 1.82 bits per heavy atom.